The molecule has 2 aromatic rings. The van der Waals surface area contributed by atoms with Crippen LogP contribution in [0.25, 0.3) is 5.57 Å². The first-order valence-electron chi connectivity index (χ1n) is 9.42. The Kier molecular flexibility index (Phi) is 7.39. The van der Waals surface area contributed by atoms with Crippen molar-refractivity contribution in [2.75, 3.05) is 5.73 Å². The smallest absolute Gasteiger partial charge is 0.222 e. The molecule has 4 heteroatoms. The van der Waals surface area contributed by atoms with E-state index in [-0.39, 0.29) is 0 Å². The number of nitrogens with two attached hydrogens (primary N) is 1. The summed E-state index contributed by atoms with van der Waals surface area (Å²) in [5.41, 5.74) is 8.98. The quantitative estimate of drug-likeness (QED) is 0.683. The van der Waals surface area contributed by atoms with Crippen molar-refractivity contribution in [3.8, 4) is 11.6 Å². The Morgan fingerprint density at radius 2 is 2.04 bits per heavy atom. The number of hydrogen-bond acceptors (Lipinski definition) is 4. The van der Waals surface area contributed by atoms with Gasteiger partial charge in [-0.2, -0.15) is 4.98 Å². The molecule has 1 unspecified atom stereocenters. The number of benzene rings is 1. The number of rotatable bonds is 4. The number of nitrogen functional groups attached to an aromatic ring is 1. The van der Waals surface area contributed by atoms with Crippen LogP contribution in [0.1, 0.15) is 52.8 Å². The van der Waals surface area contributed by atoms with Crippen LogP contribution in [0.2, 0.25) is 0 Å². The van der Waals surface area contributed by atoms with E-state index in [4.69, 9.17) is 10.5 Å². The second-order valence-electron chi connectivity index (χ2n) is 6.19. The highest BCUT2D eigenvalue weighted by molar-refractivity contribution is 5.71. The van der Waals surface area contributed by atoms with Crippen molar-refractivity contribution in [3.05, 3.63) is 60.1 Å². The number of ether oxygens (including phenoxy) is 1. The van der Waals surface area contributed by atoms with Gasteiger partial charge in [0.05, 0.1) is 0 Å². The molecule has 0 radical (unpaired) electrons. The topological polar surface area (TPSA) is 61.0 Å². The Bertz CT molecular complexity index is 780. The summed E-state index contributed by atoms with van der Waals surface area (Å²) < 4.78 is 5.82. The van der Waals surface area contributed by atoms with Gasteiger partial charge in [-0.3, -0.25) is 0 Å². The molecule has 0 aliphatic heterocycles. The zero-order valence-electron chi connectivity index (χ0n) is 16.2. The summed E-state index contributed by atoms with van der Waals surface area (Å²) in [6, 6.07) is 9.09. The monoisotopic (exact) mass is 351 g/mol. The lowest BCUT2D eigenvalue weighted by Gasteiger charge is -2.08. The first-order chi connectivity index (χ1) is 12.6. The van der Waals surface area contributed by atoms with Crippen molar-refractivity contribution in [2.24, 2.45) is 5.92 Å². The molecule has 0 saturated heterocycles. The highest BCUT2D eigenvalue weighted by Gasteiger charge is 2.13. The predicted molar refractivity (Wildman–Crippen MR) is 109 cm³/mol. The molecule has 0 amide bonds. The van der Waals surface area contributed by atoms with Crippen molar-refractivity contribution in [1.29, 1.82) is 0 Å². The van der Waals surface area contributed by atoms with Crippen LogP contribution < -0.4 is 10.5 Å². The normalized spacial score (nSPS) is 16.5. The van der Waals surface area contributed by atoms with Gasteiger partial charge in [0, 0.05) is 29.6 Å². The van der Waals surface area contributed by atoms with Crippen LogP contribution in [-0.2, 0) is 0 Å². The van der Waals surface area contributed by atoms with E-state index in [9.17, 15) is 0 Å². The van der Waals surface area contributed by atoms with E-state index >= 15 is 0 Å². The fourth-order valence-corrected chi connectivity index (χ4v) is 2.80. The van der Waals surface area contributed by atoms with Crippen LogP contribution in [0.3, 0.4) is 0 Å². The lowest BCUT2D eigenvalue weighted by atomic mass is 10.0. The molecule has 26 heavy (non-hydrogen) atoms. The molecule has 1 aromatic heterocycles. The molecule has 1 aliphatic carbocycles. The third-order valence-electron chi connectivity index (χ3n) is 4.17. The zero-order valence-corrected chi connectivity index (χ0v) is 16.2. The molecule has 1 atom stereocenters. The average Bonchev–Trinajstić information content (AvgIpc) is 2.85. The Morgan fingerprint density at radius 1 is 1.23 bits per heavy atom. The van der Waals surface area contributed by atoms with Gasteiger partial charge in [-0.25, -0.2) is 4.98 Å². The van der Waals surface area contributed by atoms with E-state index in [2.05, 4.69) is 36.0 Å². The molecule has 3 rings (SSSR count). The van der Waals surface area contributed by atoms with E-state index in [1.54, 1.807) is 18.3 Å². The third kappa shape index (κ3) is 5.45. The number of anilines is 1. The highest BCUT2D eigenvalue weighted by Crippen LogP contribution is 2.28. The Morgan fingerprint density at radius 3 is 2.77 bits per heavy atom. The van der Waals surface area contributed by atoms with Crippen molar-refractivity contribution in [3.63, 3.8) is 0 Å². The Balaban J connectivity index is 0.00000117. The number of hydrogen-bond donors (Lipinski definition) is 1. The predicted octanol–water partition coefficient (Wildman–Crippen LogP) is 6.03. The maximum Gasteiger partial charge on any atom is 0.222 e. The molecule has 4 nitrogen and oxygen atoms in total. The van der Waals surface area contributed by atoms with Gasteiger partial charge in [-0.15, -0.1) is 0 Å². The summed E-state index contributed by atoms with van der Waals surface area (Å²) >= 11 is 0. The van der Waals surface area contributed by atoms with Crippen molar-refractivity contribution >= 4 is 11.3 Å². The molecule has 0 saturated carbocycles. The summed E-state index contributed by atoms with van der Waals surface area (Å²) in [6.07, 6.45) is 9.58. The molecular formula is C22H29N3O. The lowest BCUT2D eigenvalue weighted by molar-refractivity contribution is 0.461. The molecule has 138 valence electrons. The first-order valence-corrected chi connectivity index (χ1v) is 9.42. The standard InChI is InChI=1S/C20H23N3O.C2H6/c1-3-15-8-7-14(2)11-16(12-15)20-22-10-9-19(23-20)24-18-6-4-5-17(21)13-18;1-2/h4-6,9-14H,3,7-8,21H2,1-2H3;1-2H3. The third-order valence-corrected chi connectivity index (χ3v) is 4.17. The van der Waals surface area contributed by atoms with E-state index in [0.29, 0.717) is 29.1 Å². The van der Waals surface area contributed by atoms with Crippen molar-refractivity contribution in [1.82, 2.24) is 9.97 Å². The second kappa shape index (κ2) is 9.76. The van der Waals surface area contributed by atoms with Crippen LogP contribution in [0.5, 0.6) is 11.6 Å². The molecule has 2 N–H and O–H groups in total. The molecule has 0 bridgehead atoms. The van der Waals surface area contributed by atoms with E-state index < -0.39 is 0 Å². The minimum absolute atomic E-state index is 0.516. The second-order valence-corrected chi connectivity index (χ2v) is 6.19. The van der Waals surface area contributed by atoms with E-state index in [1.807, 2.05) is 32.0 Å². The van der Waals surface area contributed by atoms with Crippen molar-refractivity contribution in [2.45, 2.75) is 47.0 Å². The van der Waals surface area contributed by atoms with Crippen LogP contribution in [0, 0.1) is 5.92 Å². The van der Waals surface area contributed by atoms with E-state index in [0.717, 1.165) is 18.4 Å². The molecule has 0 fully saturated rings. The molecule has 1 heterocycles. The summed E-state index contributed by atoms with van der Waals surface area (Å²) in [7, 11) is 0. The van der Waals surface area contributed by atoms with Crippen LogP contribution in [0.4, 0.5) is 5.69 Å². The molecular weight excluding hydrogens is 322 g/mol. The fourth-order valence-electron chi connectivity index (χ4n) is 2.80. The largest absolute Gasteiger partial charge is 0.439 e. The van der Waals surface area contributed by atoms with Crippen LogP contribution in [0.15, 0.2) is 54.3 Å². The number of allylic oxidation sites excluding steroid dienone is 4. The first kappa shape index (κ1) is 19.7. The fraction of sp³-hybridized carbons (Fsp3) is 0.364. The van der Waals surface area contributed by atoms with Crippen LogP contribution in [-0.4, -0.2) is 9.97 Å². The summed E-state index contributed by atoms with van der Waals surface area (Å²) in [5.74, 6) is 2.42. The summed E-state index contributed by atoms with van der Waals surface area (Å²) in [5, 5.41) is 0. The SMILES string of the molecule is CC.CCC1=CC(c2nccc(Oc3cccc(N)c3)n2)=CC(C)CC1. The summed E-state index contributed by atoms with van der Waals surface area (Å²) in [4.78, 5) is 9.02. The molecule has 1 aliphatic rings. The zero-order chi connectivity index (χ0) is 18.9. The maximum atomic E-state index is 5.82. The summed E-state index contributed by atoms with van der Waals surface area (Å²) in [6.45, 7) is 8.43. The maximum absolute atomic E-state index is 5.82. The minimum Gasteiger partial charge on any atom is -0.439 e. The van der Waals surface area contributed by atoms with Crippen molar-refractivity contribution < 1.29 is 4.74 Å². The van der Waals surface area contributed by atoms with Gasteiger partial charge >= 0.3 is 0 Å². The van der Waals surface area contributed by atoms with Crippen LogP contribution >= 0.6 is 0 Å². The lowest BCUT2D eigenvalue weighted by Crippen LogP contribution is -1.97. The highest BCUT2D eigenvalue weighted by atomic mass is 16.5. The van der Waals surface area contributed by atoms with Gasteiger partial charge in [0.2, 0.25) is 5.88 Å². The minimum atomic E-state index is 0.516. The van der Waals surface area contributed by atoms with Gasteiger partial charge in [0.15, 0.2) is 5.82 Å². The average molecular weight is 351 g/mol. The van der Waals surface area contributed by atoms with Gasteiger partial charge in [-0.1, -0.05) is 51.5 Å². The van der Waals surface area contributed by atoms with E-state index in [1.165, 1.54) is 12.0 Å². The number of nitrogens with zero attached hydrogens (tertiary/aromatic N) is 2. The van der Waals surface area contributed by atoms with Gasteiger partial charge in [-0.05, 0) is 37.3 Å². The number of aromatic nitrogens is 2. The molecule has 0 spiro atoms. The van der Waals surface area contributed by atoms with Gasteiger partial charge < -0.3 is 10.5 Å². The van der Waals surface area contributed by atoms with Gasteiger partial charge in [0.1, 0.15) is 5.75 Å². The molecule has 1 aromatic carbocycles. The Labute approximate surface area is 156 Å². The Hall–Kier alpha value is -2.62. The van der Waals surface area contributed by atoms with Gasteiger partial charge in [0.25, 0.3) is 0 Å².